The molecule has 1 aliphatic carbocycles. The Morgan fingerprint density at radius 1 is 1.47 bits per heavy atom. The third-order valence-corrected chi connectivity index (χ3v) is 5.08. The first-order valence-corrected chi connectivity index (χ1v) is 7.40. The maximum Gasteiger partial charge on any atom is 0.226 e. The van der Waals surface area contributed by atoms with Crippen LogP contribution in [-0.2, 0) is 9.53 Å². The number of aliphatic hydroxyl groups excluding tert-OH is 1. The van der Waals surface area contributed by atoms with E-state index in [1.165, 1.54) is 0 Å². The summed E-state index contributed by atoms with van der Waals surface area (Å²) >= 11 is 0. The second-order valence-electron chi connectivity index (χ2n) is 6.35. The van der Waals surface area contributed by atoms with Gasteiger partial charge in [0.2, 0.25) is 5.91 Å². The predicted octanol–water partition coefficient (Wildman–Crippen LogP) is -0.0157. The number of ether oxygens (including phenoxy) is 1. The Balaban J connectivity index is 1.63. The van der Waals surface area contributed by atoms with E-state index in [1.807, 2.05) is 11.8 Å². The molecule has 0 bridgehead atoms. The summed E-state index contributed by atoms with van der Waals surface area (Å²) in [4.78, 5) is 14.6. The molecule has 0 aromatic heterocycles. The van der Waals surface area contributed by atoms with Gasteiger partial charge in [-0.2, -0.15) is 0 Å². The zero-order chi connectivity index (χ0) is 13.5. The van der Waals surface area contributed by atoms with Crippen LogP contribution in [0.5, 0.6) is 0 Å². The molecule has 3 atom stereocenters. The molecule has 0 radical (unpaired) electrons. The van der Waals surface area contributed by atoms with Crippen molar-refractivity contribution >= 4 is 5.91 Å². The Kier molecular flexibility index (Phi) is 3.53. The van der Waals surface area contributed by atoms with Crippen molar-refractivity contribution in [2.45, 2.75) is 38.3 Å². The standard InChI is InChI=1S/C14H24N2O3/c1-10-9-19-11(8-17)7-16(10)13(18)12-6-14(12)2-4-15-5-3-14/h10-12,15,17H,2-9H2,1H3. The molecule has 1 saturated carbocycles. The van der Waals surface area contributed by atoms with Crippen molar-refractivity contribution in [2.24, 2.45) is 11.3 Å². The second kappa shape index (κ2) is 5.04. The van der Waals surface area contributed by atoms with E-state index < -0.39 is 0 Å². The van der Waals surface area contributed by atoms with Gasteiger partial charge in [0.05, 0.1) is 25.4 Å². The number of morpholine rings is 1. The minimum Gasteiger partial charge on any atom is -0.394 e. The van der Waals surface area contributed by atoms with E-state index in [0.29, 0.717) is 13.2 Å². The van der Waals surface area contributed by atoms with E-state index in [4.69, 9.17) is 4.74 Å². The van der Waals surface area contributed by atoms with Crippen LogP contribution in [0.4, 0.5) is 0 Å². The van der Waals surface area contributed by atoms with Gasteiger partial charge in [0, 0.05) is 12.5 Å². The number of amides is 1. The zero-order valence-corrected chi connectivity index (χ0v) is 11.6. The van der Waals surface area contributed by atoms with E-state index in [1.54, 1.807) is 0 Å². The van der Waals surface area contributed by atoms with Crippen molar-refractivity contribution in [3.05, 3.63) is 0 Å². The Labute approximate surface area is 114 Å². The number of nitrogens with one attached hydrogen (secondary N) is 1. The Morgan fingerprint density at radius 3 is 2.89 bits per heavy atom. The monoisotopic (exact) mass is 268 g/mol. The van der Waals surface area contributed by atoms with Crippen LogP contribution < -0.4 is 5.32 Å². The fourth-order valence-corrected chi connectivity index (χ4v) is 3.61. The van der Waals surface area contributed by atoms with Gasteiger partial charge in [-0.05, 0) is 44.7 Å². The number of hydrogen-bond donors (Lipinski definition) is 2. The number of aliphatic hydroxyl groups is 1. The van der Waals surface area contributed by atoms with Crippen molar-refractivity contribution in [3.63, 3.8) is 0 Å². The van der Waals surface area contributed by atoms with E-state index >= 15 is 0 Å². The molecule has 3 aliphatic rings. The molecular weight excluding hydrogens is 244 g/mol. The molecule has 19 heavy (non-hydrogen) atoms. The van der Waals surface area contributed by atoms with Crippen LogP contribution in [0.2, 0.25) is 0 Å². The molecular formula is C14H24N2O3. The first kappa shape index (κ1) is 13.3. The van der Waals surface area contributed by atoms with Crippen LogP contribution in [0.1, 0.15) is 26.2 Å². The minimum atomic E-state index is -0.206. The SMILES string of the molecule is CC1COC(CO)CN1C(=O)C1CC12CCNCC2. The van der Waals surface area contributed by atoms with E-state index in [2.05, 4.69) is 5.32 Å². The summed E-state index contributed by atoms with van der Waals surface area (Å²) in [6.45, 7) is 5.20. The van der Waals surface area contributed by atoms with Crippen molar-refractivity contribution in [1.29, 1.82) is 0 Å². The summed E-state index contributed by atoms with van der Waals surface area (Å²) in [6.07, 6.45) is 3.11. The maximum absolute atomic E-state index is 12.7. The Hall–Kier alpha value is -0.650. The van der Waals surface area contributed by atoms with E-state index in [9.17, 15) is 9.90 Å². The maximum atomic E-state index is 12.7. The molecule has 5 heteroatoms. The Bertz CT molecular complexity index is 355. The van der Waals surface area contributed by atoms with Crippen molar-refractivity contribution in [1.82, 2.24) is 10.2 Å². The van der Waals surface area contributed by atoms with Crippen LogP contribution in [0.25, 0.3) is 0 Å². The highest BCUT2D eigenvalue weighted by atomic mass is 16.5. The van der Waals surface area contributed by atoms with Gasteiger partial charge in [0.15, 0.2) is 0 Å². The third-order valence-electron chi connectivity index (χ3n) is 5.08. The fraction of sp³-hybridized carbons (Fsp3) is 0.929. The topological polar surface area (TPSA) is 61.8 Å². The summed E-state index contributed by atoms with van der Waals surface area (Å²) in [5, 5.41) is 12.6. The fourth-order valence-electron chi connectivity index (χ4n) is 3.61. The van der Waals surface area contributed by atoms with Crippen LogP contribution in [0, 0.1) is 11.3 Å². The summed E-state index contributed by atoms with van der Waals surface area (Å²) < 4.78 is 5.50. The molecule has 3 rings (SSSR count). The molecule has 0 aromatic rings. The van der Waals surface area contributed by atoms with Gasteiger partial charge in [-0.15, -0.1) is 0 Å². The summed E-state index contributed by atoms with van der Waals surface area (Å²) in [5.74, 6) is 0.505. The highest BCUT2D eigenvalue weighted by Gasteiger charge is 2.59. The second-order valence-corrected chi connectivity index (χ2v) is 6.35. The first-order valence-electron chi connectivity index (χ1n) is 7.40. The Morgan fingerprint density at radius 2 is 2.21 bits per heavy atom. The lowest BCUT2D eigenvalue weighted by Gasteiger charge is -2.38. The molecule has 1 amide bonds. The molecule has 108 valence electrons. The highest BCUT2D eigenvalue weighted by molar-refractivity contribution is 5.83. The molecule has 2 saturated heterocycles. The molecule has 3 fully saturated rings. The zero-order valence-electron chi connectivity index (χ0n) is 11.6. The molecule has 0 aromatic carbocycles. The van der Waals surface area contributed by atoms with Crippen molar-refractivity contribution in [3.8, 4) is 0 Å². The van der Waals surface area contributed by atoms with Gasteiger partial charge in [0.25, 0.3) is 0 Å². The number of rotatable bonds is 2. The number of piperidine rings is 1. The van der Waals surface area contributed by atoms with Crippen LogP contribution >= 0.6 is 0 Å². The normalized spacial score (nSPS) is 37.4. The highest BCUT2D eigenvalue weighted by Crippen LogP contribution is 2.59. The van der Waals surface area contributed by atoms with Crippen molar-refractivity contribution < 1.29 is 14.6 Å². The molecule has 3 unspecified atom stereocenters. The van der Waals surface area contributed by atoms with Gasteiger partial charge >= 0.3 is 0 Å². The number of carbonyl (C=O) groups is 1. The first-order chi connectivity index (χ1) is 9.16. The van der Waals surface area contributed by atoms with Gasteiger partial charge in [-0.3, -0.25) is 4.79 Å². The van der Waals surface area contributed by atoms with E-state index in [0.717, 1.165) is 32.4 Å². The van der Waals surface area contributed by atoms with Crippen LogP contribution in [-0.4, -0.2) is 60.9 Å². The van der Waals surface area contributed by atoms with Crippen LogP contribution in [0.3, 0.4) is 0 Å². The lowest BCUT2D eigenvalue weighted by atomic mass is 9.91. The largest absolute Gasteiger partial charge is 0.394 e. The molecule has 2 N–H and O–H groups in total. The number of carbonyl (C=O) groups excluding carboxylic acids is 1. The number of nitrogens with zero attached hydrogens (tertiary/aromatic N) is 1. The minimum absolute atomic E-state index is 0.00374. The van der Waals surface area contributed by atoms with Gasteiger partial charge in [0.1, 0.15) is 0 Å². The predicted molar refractivity (Wildman–Crippen MR) is 70.6 cm³/mol. The smallest absolute Gasteiger partial charge is 0.226 e. The summed E-state index contributed by atoms with van der Waals surface area (Å²) in [6, 6.07) is 0.134. The molecule has 2 aliphatic heterocycles. The average molecular weight is 268 g/mol. The van der Waals surface area contributed by atoms with Gasteiger partial charge in [-0.1, -0.05) is 0 Å². The molecule has 2 heterocycles. The summed E-state index contributed by atoms with van der Waals surface area (Å²) in [7, 11) is 0. The lowest BCUT2D eigenvalue weighted by molar-refractivity contribution is -0.148. The average Bonchev–Trinajstić information content (AvgIpc) is 3.13. The van der Waals surface area contributed by atoms with E-state index in [-0.39, 0.29) is 36.0 Å². The van der Waals surface area contributed by atoms with Gasteiger partial charge in [-0.25, -0.2) is 0 Å². The van der Waals surface area contributed by atoms with Crippen molar-refractivity contribution in [2.75, 3.05) is 32.8 Å². The molecule has 1 spiro atoms. The van der Waals surface area contributed by atoms with Crippen LogP contribution in [0.15, 0.2) is 0 Å². The molecule has 5 nitrogen and oxygen atoms in total. The third kappa shape index (κ3) is 2.39. The number of hydrogen-bond acceptors (Lipinski definition) is 4. The lowest BCUT2D eigenvalue weighted by Crippen LogP contribution is -2.53. The quantitative estimate of drug-likeness (QED) is 0.739. The van der Waals surface area contributed by atoms with Gasteiger partial charge < -0.3 is 20.1 Å². The summed E-state index contributed by atoms with van der Waals surface area (Å²) in [5.41, 5.74) is 0.287.